The van der Waals surface area contributed by atoms with Crippen LogP contribution in [0.3, 0.4) is 0 Å². The first-order valence-electron chi connectivity index (χ1n) is 10.7. The van der Waals surface area contributed by atoms with Crippen LogP contribution >= 0.6 is 0 Å². The summed E-state index contributed by atoms with van der Waals surface area (Å²) >= 11 is 0. The van der Waals surface area contributed by atoms with Gasteiger partial charge in [0.25, 0.3) is 0 Å². The summed E-state index contributed by atoms with van der Waals surface area (Å²) in [5.41, 5.74) is 6.45. The Morgan fingerprint density at radius 3 is 2.13 bits per heavy atom. The summed E-state index contributed by atoms with van der Waals surface area (Å²) in [6.07, 6.45) is 0. The number of carbonyl (C=O) groups is 1. The minimum atomic E-state index is -0.249. The van der Waals surface area contributed by atoms with Gasteiger partial charge in [0.2, 0.25) is 0 Å². The maximum Gasteiger partial charge on any atom is 0.174 e. The van der Waals surface area contributed by atoms with Gasteiger partial charge in [0.1, 0.15) is 0 Å². The first-order chi connectivity index (χ1) is 14.4. The summed E-state index contributed by atoms with van der Waals surface area (Å²) in [7, 11) is 4.14. The van der Waals surface area contributed by atoms with Gasteiger partial charge in [-0.1, -0.05) is 74.5 Å². The molecule has 0 radical (unpaired) electrons. The highest BCUT2D eigenvalue weighted by molar-refractivity contribution is 6.07. The third-order valence-corrected chi connectivity index (χ3v) is 5.92. The van der Waals surface area contributed by atoms with Crippen LogP contribution in [0.25, 0.3) is 0 Å². The second kappa shape index (κ2) is 8.45. The predicted octanol–water partition coefficient (Wildman–Crippen LogP) is 6.00. The van der Waals surface area contributed by atoms with Crippen LogP contribution in [0.5, 0.6) is 0 Å². The Morgan fingerprint density at radius 2 is 1.50 bits per heavy atom. The summed E-state index contributed by atoms with van der Waals surface area (Å²) in [4.78, 5) is 15.7. The van der Waals surface area contributed by atoms with Crippen molar-refractivity contribution in [3.05, 3.63) is 101 Å². The van der Waals surface area contributed by atoms with E-state index in [1.165, 1.54) is 11.1 Å². The van der Waals surface area contributed by atoms with E-state index in [0.717, 1.165) is 28.9 Å². The Balaban J connectivity index is 1.74. The smallest absolute Gasteiger partial charge is 0.174 e. The molecule has 1 N–H and O–H groups in total. The van der Waals surface area contributed by atoms with Gasteiger partial charge in [-0.2, -0.15) is 0 Å². The number of rotatable bonds is 5. The van der Waals surface area contributed by atoms with Crippen molar-refractivity contribution < 1.29 is 4.79 Å². The maximum atomic E-state index is 13.6. The topological polar surface area (TPSA) is 32.3 Å². The maximum absolute atomic E-state index is 13.6. The van der Waals surface area contributed by atoms with Crippen LogP contribution in [0.2, 0.25) is 0 Å². The van der Waals surface area contributed by atoms with Crippen LogP contribution in [0.1, 0.15) is 64.3 Å². The van der Waals surface area contributed by atoms with Crippen molar-refractivity contribution in [2.75, 3.05) is 19.4 Å². The molecule has 0 bridgehead atoms. The first kappa shape index (κ1) is 20.4. The molecule has 0 saturated carbocycles. The number of Topliss-reactive ketones (excluding diaryl/α,β-unsaturated/α-hetero) is 1. The molecule has 3 aromatic rings. The monoisotopic (exact) mass is 398 g/mol. The number of hydrogen-bond donors (Lipinski definition) is 1. The van der Waals surface area contributed by atoms with Gasteiger partial charge < -0.3 is 10.2 Å². The molecule has 0 aromatic heterocycles. The molecule has 3 heteroatoms. The van der Waals surface area contributed by atoms with Gasteiger partial charge in [-0.05, 0) is 54.4 Å². The molecule has 3 aromatic carbocycles. The molecule has 0 amide bonds. The number of fused-ring (bicyclic) bond motifs is 1. The molecule has 154 valence electrons. The number of anilines is 1. The van der Waals surface area contributed by atoms with Gasteiger partial charge in [-0.3, -0.25) is 4.79 Å². The lowest BCUT2D eigenvalue weighted by molar-refractivity contribution is 0.0945. The summed E-state index contributed by atoms with van der Waals surface area (Å²) in [6, 6.07) is 25.0. The van der Waals surface area contributed by atoms with E-state index < -0.39 is 0 Å². The van der Waals surface area contributed by atoms with E-state index in [-0.39, 0.29) is 17.7 Å². The number of carbonyl (C=O) groups excluding carboxylic acids is 1. The normalized spacial score (nSPS) is 18.4. The predicted molar refractivity (Wildman–Crippen MR) is 124 cm³/mol. The van der Waals surface area contributed by atoms with E-state index in [9.17, 15) is 4.79 Å². The number of ketones is 1. The van der Waals surface area contributed by atoms with Gasteiger partial charge in [-0.15, -0.1) is 0 Å². The fourth-order valence-corrected chi connectivity index (χ4v) is 4.30. The molecule has 1 heterocycles. The molecule has 2 unspecified atom stereocenters. The molecule has 0 fully saturated rings. The molecule has 1 aliphatic heterocycles. The third-order valence-electron chi connectivity index (χ3n) is 5.92. The zero-order valence-corrected chi connectivity index (χ0v) is 18.2. The van der Waals surface area contributed by atoms with Crippen LogP contribution in [-0.4, -0.2) is 24.8 Å². The van der Waals surface area contributed by atoms with Crippen LogP contribution in [0.15, 0.2) is 72.8 Å². The SMILES string of the molecule is CC(C)c1ccc(C2C(=O)c3ccccc3NC2c2ccc(CN(C)C)cc2)cc1. The van der Waals surface area contributed by atoms with Gasteiger partial charge in [0.15, 0.2) is 5.78 Å². The van der Waals surface area contributed by atoms with E-state index in [1.807, 2.05) is 24.3 Å². The van der Waals surface area contributed by atoms with Gasteiger partial charge in [0.05, 0.1) is 12.0 Å². The highest BCUT2D eigenvalue weighted by atomic mass is 16.1. The van der Waals surface area contributed by atoms with Crippen molar-refractivity contribution in [2.45, 2.75) is 38.3 Å². The van der Waals surface area contributed by atoms with Gasteiger partial charge in [-0.25, -0.2) is 0 Å². The quantitative estimate of drug-likeness (QED) is 0.572. The van der Waals surface area contributed by atoms with E-state index in [0.29, 0.717) is 5.92 Å². The molecule has 0 spiro atoms. The van der Waals surface area contributed by atoms with E-state index in [2.05, 4.69) is 86.7 Å². The summed E-state index contributed by atoms with van der Waals surface area (Å²) in [5.74, 6) is 0.407. The molecular weight excluding hydrogens is 368 g/mol. The van der Waals surface area contributed by atoms with Crippen LogP contribution in [0.4, 0.5) is 5.69 Å². The summed E-state index contributed by atoms with van der Waals surface area (Å²) < 4.78 is 0. The fourth-order valence-electron chi connectivity index (χ4n) is 4.30. The highest BCUT2D eigenvalue weighted by Gasteiger charge is 2.37. The largest absolute Gasteiger partial charge is 0.377 e. The van der Waals surface area contributed by atoms with Crippen molar-refractivity contribution in [1.29, 1.82) is 0 Å². The zero-order valence-electron chi connectivity index (χ0n) is 18.2. The van der Waals surface area contributed by atoms with Crippen molar-refractivity contribution in [3.63, 3.8) is 0 Å². The highest BCUT2D eigenvalue weighted by Crippen LogP contribution is 2.42. The van der Waals surface area contributed by atoms with Crippen molar-refractivity contribution in [2.24, 2.45) is 0 Å². The summed E-state index contributed by atoms with van der Waals surface area (Å²) in [6.45, 7) is 5.29. The molecule has 0 saturated heterocycles. The van der Waals surface area contributed by atoms with Crippen molar-refractivity contribution in [1.82, 2.24) is 4.90 Å². The zero-order chi connectivity index (χ0) is 21.3. The lowest BCUT2D eigenvalue weighted by Gasteiger charge is -2.34. The average Bonchev–Trinajstić information content (AvgIpc) is 2.74. The summed E-state index contributed by atoms with van der Waals surface area (Å²) in [5, 5.41) is 3.66. The van der Waals surface area contributed by atoms with Crippen LogP contribution in [0, 0.1) is 0 Å². The van der Waals surface area contributed by atoms with E-state index >= 15 is 0 Å². The second-order valence-corrected chi connectivity index (χ2v) is 8.81. The Hall–Kier alpha value is -2.91. The van der Waals surface area contributed by atoms with E-state index in [1.54, 1.807) is 0 Å². The Morgan fingerprint density at radius 1 is 0.867 bits per heavy atom. The van der Waals surface area contributed by atoms with Crippen LogP contribution < -0.4 is 5.32 Å². The number of nitrogens with zero attached hydrogens (tertiary/aromatic N) is 1. The lowest BCUT2D eigenvalue weighted by Crippen LogP contribution is -2.31. The molecular formula is C27H30N2O. The molecule has 4 rings (SSSR count). The number of hydrogen-bond acceptors (Lipinski definition) is 3. The first-order valence-corrected chi connectivity index (χ1v) is 10.7. The van der Waals surface area contributed by atoms with Crippen molar-refractivity contribution >= 4 is 11.5 Å². The van der Waals surface area contributed by atoms with Gasteiger partial charge >= 0.3 is 0 Å². The molecule has 30 heavy (non-hydrogen) atoms. The lowest BCUT2D eigenvalue weighted by atomic mass is 9.78. The molecule has 1 aliphatic rings. The second-order valence-electron chi connectivity index (χ2n) is 8.81. The standard InChI is InChI=1S/C27H30N2O/c1-18(2)20-13-15-21(16-14-20)25-26(22-11-9-19(10-12-22)17-29(3)4)28-24-8-6-5-7-23(24)27(25)30/h5-16,18,25-26,28H,17H2,1-4H3. The number of nitrogens with one attached hydrogen (secondary N) is 1. The minimum absolute atomic E-state index is 0.0919. The Kier molecular flexibility index (Phi) is 5.74. The fraction of sp³-hybridized carbons (Fsp3) is 0.296. The molecule has 3 nitrogen and oxygen atoms in total. The Bertz CT molecular complexity index is 1020. The average molecular weight is 399 g/mol. The third kappa shape index (κ3) is 4.03. The van der Waals surface area contributed by atoms with E-state index in [4.69, 9.17) is 0 Å². The van der Waals surface area contributed by atoms with Crippen molar-refractivity contribution in [3.8, 4) is 0 Å². The molecule has 0 aliphatic carbocycles. The van der Waals surface area contributed by atoms with Crippen LogP contribution in [-0.2, 0) is 6.54 Å². The Labute approximate surface area is 179 Å². The number of para-hydroxylation sites is 1. The van der Waals surface area contributed by atoms with Gasteiger partial charge in [0, 0.05) is 17.8 Å². The molecule has 2 atom stereocenters. The number of benzene rings is 3. The minimum Gasteiger partial charge on any atom is -0.377 e.